The van der Waals surface area contributed by atoms with E-state index in [1.807, 2.05) is 11.6 Å². The molecule has 3 heteroatoms. The third kappa shape index (κ3) is 0.985. The Kier molecular flexibility index (Phi) is 1.48. The lowest BCUT2D eigenvalue weighted by Gasteiger charge is -2.15. The van der Waals surface area contributed by atoms with Crippen LogP contribution in [0.5, 0.6) is 0 Å². The molecule has 0 atom stereocenters. The molecule has 0 bridgehead atoms. The van der Waals surface area contributed by atoms with Gasteiger partial charge in [0.2, 0.25) is 0 Å². The van der Waals surface area contributed by atoms with Crippen LogP contribution in [0.15, 0.2) is 24.3 Å². The van der Waals surface area contributed by atoms with Gasteiger partial charge in [-0.1, -0.05) is 24.3 Å². The van der Waals surface area contributed by atoms with E-state index in [4.69, 9.17) is 0 Å². The molecule has 14 heavy (non-hydrogen) atoms. The van der Waals surface area contributed by atoms with Gasteiger partial charge in [0.05, 0.1) is 0 Å². The van der Waals surface area contributed by atoms with Gasteiger partial charge in [0.1, 0.15) is 5.82 Å². The van der Waals surface area contributed by atoms with Crippen LogP contribution in [0.25, 0.3) is 11.4 Å². The Morgan fingerprint density at radius 3 is 3.07 bits per heavy atom. The Labute approximate surface area is 82.4 Å². The second-order valence-electron chi connectivity index (χ2n) is 3.61. The first-order valence-electron chi connectivity index (χ1n) is 4.84. The summed E-state index contributed by atoms with van der Waals surface area (Å²) in [6.45, 7) is 2.89. The van der Waals surface area contributed by atoms with E-state index in [0.717, 1.165) is 24.6 Å². The summed E-state index contributed by atoms with van der Waals surface area (Å²) in [7, 11) is 0. The zero-order valence-electron chi connectivity index (χ0n) is 8.07. The van der Waals surface area contributed by atoms with Crippen molar-refractivity contribution in [2.24, 2.45) is 0 Å². The number of hydrogen-bond donors (Lipinski definition) is 0. The van der Waals surface area contributed by atoms with Crippen LogP contribution >= 0.6 is 0 Å². The van der Waals surface area contributed by atoms with E-state index in [9.17, 15) is 0 Å². The molecular formula is C11H11N3. The monoisotopic (exact) mass is 185 g/mol. The molecule has 2 aromatic rings. The lowest BCUT2D eigenvalue weighted by molar-refractivity contribution is 0.602. The molecule has 0 N–H and O–H groups in total. The van der Waals surface area contributed by atoms with Crippen molar-refractivity contribution < 1.29 is 0 Å². The number of aryl methyl sites for hydroxylation is 3. The molecule has 1 aliphatic heterocycles. The standard InChI is InChI=1S/C11H11N3/c1-8-12-11-10-5-3-2-4-9(10)6-7-14(11)13-8/h2-5H,6-7H2,1H3. The zero-order valence-corrected chi connectivity index (χ0v) is 8.07. The largest absolute Gasteiger partial charge is 0.245 e. The number of rotatable bonds is 0. The van der Waals surface area contributed by atoms with Crippen molar-refractivity contribution in [2.75, 3.05) is 0 Å². The number of nitrogens with zero attached hydrogens (tertiary/aromatic N) is 3. The van der Waals surface area contributed by atoms with Gasteiger partial charge in [-0.15, -0.1) is 0 Å². The van der Waals surface area contributed by atoms with Gasteiger partial charge >= 0.3 is 0 Å². The SMILES string of the molecule is Cc1nc2n(n1)CCc1ccccc1-2. The van der Waals surface area contributed by atoms with Gasteiger partial charge in [0.25, 0.3) is 0 Å². The number of fused-ring (bicyclic) bond motifs is 3. The third-order valence-electron chi connectivity index (χ3n) is 2.63. The van der Waals surface area contributed by atoms with E-state index >= 15 is 0 Å². The van der Waals surface area contributed by atoms with Crippen LogP contribution < -0.4 is 0 Å². The summed E-state index contributed by atoms with van der Waals surface area (Å²) in [5, 5.41) is 4.36. The summed E-state index contributed by atoms with van der Waals surface area (Å²) in [4.78, 5) is 4.44. The fraction of sp³-hybridized carbons (Fsp3) is 0.273. The molecule has 0 spiro atoms. The number of benzene rings is 1. The predicted octanol–water partition coefficient (Wildman–Crippen LogP) is 1.81. The summed E-state index contributed by atoms with van der Waals surface area (Å²) < 4.78 is 2.00. The Morgan fingerprint density at radius 2 is 2.14 bits per heavy atom. The second kappa shape index (κ2) is 2.67. The molecule has 0 saturated carbocycles. The van der Waals surface area contributed by atoms with Gasteiger partial charge in [-0.2, -0.15) is 5.10 Å². The van der Waals surface area contributed by atoms with Crippen molar-refractivity contribution in [2.45, 2.75) is 19.9 Å². The average molecular weight is 185 g/mol. The molecule has 0 unspecified atom stereocenters. The van der Waals surface area contributed by atoms with Gasteiger partial charge in [-0.05, 0) is 18.9 Å². The van der Waals surface area contributed by atoms with Crippen molar-refractivity contribution in [3.05, 3.63) is 35.7 Å². The van der Waals surface area contributed by atoms with Gasteiger partial charge in [0.15, 0.2) is 5.82 Å². The molecule has 0 aliphatic carbocycles. The maximum atomic E-state index is 4.44. The van der Waals surface area contributed by atoms with Gasteiger partial charge in [-0.3, -0.25) is 0 Å². The van der Waals surface area contributed by atoms with Crippen LogP contribution in [0.3, 0.4) is 0 Å². The number of aromatic nitrogens is 3. The molecule has 0 saturated heterocycles. The molecule has 2 heterocycles. The van der Waals surface area contributed by atoms with E-state index in [1.165, 1.54) is 11.1 Å². The van der Waals surface area contributed by atoms with E-state index in [-0.39, 0.29) is 0 Å². The third-order valence-corrected chi connectivity index (χ3v) is 2.63. The highest BCUT2D eigenvalue weighted by Crippen LogP contribution is 2.26. The predicted molar refractivity (Wildman–Crippen MR) is 53.9 cm³/mol. The molecule has 70 valence electrons. The molecule has 1 aromatic heterocycles. The molecule has 1 aromatic carbocycles. The summed E-state index contributed by atoms with van der Waals surface area (Å²) in [5.41, 5.74) is 2.62. The minimum Gasteiger partial charge on any atom is -0.245 e. The Morgan fingerprint density at radius 1 is 1.29 bits per heavy atom. The molecule has 3 rings (SSSR count). The minimum atomic E-state index is 0.858. The quantitative estimate of drug-likeness (QED) is 0.626. The average Bonchev–Trinajstić information content (AvgIpc) is 2.59. The normalized spacial score (nSPS) is 13.5. The van der Waals surface area contributed by atoms with E-state index < -0.39 is 0 Å². The van der Waals surface area contributed by atoms with Crippen LogP contribution in [-0.2, 0) is 13.0 Å². The summed E-state index contributed by atoms with van der Waals surface area (Å²) in [6, 6.07) is 8.42. The van der Waals surface area contributed by atoms with Crippen LogP contribution in [0.4, 0.5) is 0 Å². The fourth-order valence-electron chi connectivity index (χ4n) is 1.99. The van der Waals surface area contributed by atoms with Crippen LogP contribution in [-0.4, -0.2) is 14.8 Å². The molecule has 0 fully saturated rings. The summed E-state index contributed by atoms with van der Waals surface area (Å²) in [5.74, 6) is 1.88. The first kappa shape index (κ1) is 7.74. The van der Waals surface area contributed by atoms with Crippen LogP contribution in [0.2, 0.25) is 0 Å². The maximum Gasteiger partial charge on any atom is 0.158 e. The Bertz CT molecular complexity index is 485. The minimum absolute atomic E-state index is 0.858. The van der Waals surface area contributed by atoms with Crippen LogP contribution in [0.1, 0.15) is 11.4 Å². The molecular weight excluding hydrogens is 174 g/mol. The molecule has 3 nitrogen and oxygen atoms in total. The van der Waals surface area contributed by atoms with Gasteiger partial charge in [-0.25, -0.2) is 9.67 Å². The Balaban J connectivity index is 2.28. The lowest BCUT2D eigenvalue weighted by atomic mass is 10.0. The van der Waals surface area contributed by atoms with Gasteiger partial charge in [0, 0.05) is 12.1 Å². The maximum absolute atomic E-state index is 4.44. The van der Waals surface area contributed by atoms with Crippen molar-refractivity contribution >= 4 is 0 Å². The van der Waals surface area contributed by atoms with E-state index in [0.29, 0.717) is 0 Å². The highest BCUT2D eigenvalue weighted by atomic mass is 15.3. The zero-order chi connectivity index (χ0) is 9.54. The van der Waals surface area contributed by atoms with Crippen molar-refractivity contribution in [1.82, 2.24) is 14.8 Å². The van der Waals surface area contributed by atoms with Gasteiger partial charge < -0.3 is 0 Å². The van der Waals surface area contributed by atoms with Crippen LogP contribution in [0, 0.1) is 6.92 Å². The van der Waals surface area contributed by atoms with E-state index in [1.54, 1.807) is 0 Å². The van der Waals surface area contributed by atoms with Crippen molar-refractivity contribution in [3.63, 3.8) is 0 Å². The molecule has 0 radical (unpaired) electrons. The van der Waals surface area contributed by atoms with Crippen molar-refractivity contribution in [3.8, 4) is 11.4 Å². The fourth-order valence-corrected chi connectivity index (χ4v) is 1.99. The second-order valence-corrected chi connectivity index (χ2v) is 3.61. The summed E-state index contributed by atoms with van der Waals surface area (Å²) in [6.07, 6.45) is 1.06. The highest BCUT2D eigenvalue weighted by Gasteiger charge is 2.17. The summed E-state index contributed by atoms with van der Waals surface area (Å²) >= 11 is 0. The van der Waals surface area contributed by atoms with Crippen molar-refractivity contribution in [1.29, 1.82) is 0 Å². The molecule has 1 aliphatic rings. The number of hydrogen-bond acceptors (Lipinski definition) is 2. The highest BCUT2D eigenvalue weighted by molar-refractivity contribution is 5.61. The topological polar surface area (TPSA) is 30.7 Å². The Hall–Kier alpha value is -1.64. The smallest absolute Gasteiger partial charge is 0.158 e. The first-order chi connectivity index (χ1) is 6.84. The van der Waals surface area contributed by atoms with E-state index in [2.05, 4.69) is 34.3 Å². The lowest BCUT2D eigenvalue weighted by Crippen LogP contribution is -2.11. The first-order valence-corrected chi connectivity index (χ1v) is 4.84. The molecule has 0 amide bonds.